The summed E-state index contributed by atoms with van der Waals surface area (Å²) in [5, 5.41) is 6.39. The molecule has 0 aliphatic carbocycles. The van der Waals surface area contributed by atoms with Crippen LogP contribution in [0.25, 0.3) is 0 Å². The van der Waals surface area contributed by atoms with E-state index in [1.165, 1.54) is 11.1 Å². The minimum Gasteiger partial charge on any atom is -0.381 e. The Balaban J connectivity index is 1.61. The van der Waals surface area contributed by atoms with Crippen LogP contribution >= 0.6 is 0 Å². The van der Waals surface area contributed by atoms with Crippen LogP contribution in [0.2, 0.25) is 0 Å². The van der Waals surface area contributed by atoms with Gasteiger partial charge in [-0.2, -0.15) is 0 Å². The van der Waals surface area contributed by atoms with Crippen LogP contribution in [0.15, 0.2) is 66.7 Å². The number of hydrogen-bond acceptors (Lipinski definition) is 2. The van der Waals surface area contributed by atoms with Crippen LogP contribution in [0.3, 0.4) is 0 Å². The minimum atomic E-state index is -0.0898. The van der Waals surface area contributed by atoms with Crippen LogP contribution in [-0.4, -0.2) is 5.91 Å². The summed E-state index contributed by atoms with van der Waals surface area (Å²) in [6.07, 6.45) is 0. The second-order valence-corrected chi connectivity index (χ2v) is 6.62. The molecule has 26 heavy (non-hydrogen) atoms. The highest BCUT2D eigenvalue weighted by Crippen LogP contribution is 2.17. The monoisotopic (exact) mass is 344 g/mol. The highest BCUT2D eigenvalue weighted by molar-refractivity contribution is 6.04. The van der Waals surface area contributed by atoms with Crippen molar-refractivity contribution < 1.29 is 4.79 Å². The van der Waals surface area contributed by atoms with Crippen LogP contribution in [0.1, 0.15) is 32.6 Å². The fraction of sp³-hybridized carbons (Fsp3) is 0.174. The first kappa shape index (κ1) is 17.7. The first-order valence-corrected chi connectivity index (χ1v) is 8.80. The van der Waals surface area contributed by atoms with E-state index in [1.807, 2.05) is 55.5 Å². The number of para-hydroxylation sites is 1. The number of aryl methyl sites for hydroxylation is 3. The van der Waals surface area contributed by atoms with Gasteiger partial charge in [0.15, 0.2) is 0 Å². The average molecular weight is 344 g/mol. The lowest BCUT2D eigenvalue weighted by molar-refractivity contribution is 0.102. The van der Waals surface area contributed by atoms with Gasteiger partial charge in [-0.05, 0) is 73.4 Å². The Morgan fingerprint density at radius 1 is 0.808 bits per heavy atom. The maximum atomic E-state index is 12.4. The van der Waals surface area contributed by atoms with Gasteiger partial charge in [-0.1, -0.05) is 36.4 Å². The molecule has 2 N–H and O–H groups in total. The standard InChI is InChI=1S/C23H24N2O/c1-16-8-13-21(14-18(16)3)24-15-19-9-11-20(12-10-19)23(26)25-22-7-5-4-6-17(22)2/h4-14,24H,15H2,1-3H3,(H,25,26). The average Bonchev–Trinajstić information content (AvgIpc) is 2.65. The molecule has 3 rings (SSSR count). The summed E-state index contributed by atoms with van der Waals surface area (Å²) in [5.41, 5.74) is 7.36. The summed E-state index contributed by atoms with van der Waals surface area (Å²) < 4.78 is 0. The predicted molar refractivity (Wildman–Crippen MR) is 109 cm³/mol. The Morgan fingerprint density at radius 3 is 2.23 bits per heavy atom. The molecule has 0 unspecified atom stereocenters. The van der Waals surface area contributed by atoms with Crippen molar-refractivity contribution >= 4 is 17.3 Å². The van der Waals surface area contributed by atoms with Crippen LogP contribution in [0.4, 0.5) is 11.4 Å². The normalized spacial score (nSPS) is 10.4. The smallest absolute Gasteiger partial charge is 0.255 e. The number of amides is 1. The van der Waals surface area contributed by atoms with Gasteiger partial charge < -0.3 is 10.6 Å². The van der Waals surface area contributed by atoms with Gasteiger partial charge in [-0.25, -0.2) is 0 Å². The molecule has 3 aromatic rings. The van der Waals surface area contributed by atoms with Gasteiger partial charge in [0.1, 0.15) is 0 Å². The van der Waals surface area contributed by atoms with Crippen LogP contribution in [0, 0.1) is 20.8 Å². The number of carbonyl (C=O) groups is 1. The predicted octanol–water partition coefficient (Wildman–Crippen LogP) is 5.48. The number of rotatable bonds is 5. The maximum Gasteiger partial charge on any atom is 0.255 e. The molecule has 0 saturated carbocycles. The van der Waals surface area contributed by atoms with E-state index in [9.17, 15) is 4.79 Å². The maximum absolute atomic E-state index is 12.4. The first-order valence-electron chi connectivity index (χ1n) is 8.80. The lowest BCUT2D eigenvalue weighted by Crippen LogP contribution is -2.12. The van der Waals surface area contributed by atoms with Crippen LogP contribution in [0.5, 0.6) is 0 Å². The molecular weight excluding hydrogens is 320 g/mol. The zero-order valence-corrected chi connectivity index (χ0v) is 15.5. The van der Waals surface area contributed by atoms with Crippen molar-refractivity contribution in [2.24, 2.45) is 0 Å². The molecule has 0 spiro atoms. The zero-order valence-electron chi connectivity index (χ0n) is 15.5. The highest BCUT2D eigenvalue weighted by atomic mass is 16.1. The summed E-state index contributed by atoms with van der Waals surface area (Å²) in [5.74, 6) is -0.0898. The fourth-order valence-electron chi connectivity index (χ4n) is 2.74. The molecule has 0 aliphatic heterocycles. The van der Waals surface area contributed by atoms with Gasteiger partial charge in [0.05, 0.1) is 0 Å². The Kier molecular flexibility index (Phi) is 5.37. The summed E-state index contributed by atoms with van der Waals surface area (Å²) in [7, 11) is 0. The van der Waals surface area contributed by atoms with Crippen molar-refractivity contribution in [3.8, 4) is 0 Å². The second kappa shape index (κ2) is 7.87. The van der Waals surface area contributed by atoms with E-state index in [2.05, 4.69) is 42.7 Å². The zero-order chi connectivity index (χ0) is 18.5. The molecule has 0 aromatic heterocycles. The van der Waals surface area contributed by atoms with E-state index in [0.717, 1.165) is 29.0 Å². The van der Waals surface area contributed by atoms with Gasteiger partial charge in [-0.15, -0.1) is 0 Å². The van der Waals surface area contributed by atoms with E-state index in [-0.39, 0.29) is 5.91 Å². The summed E-state index contributed by atoms with van der Waals surface area (Å²) in [6, 6.07) is 21.8. The molecule has 0 radical (unpaired) electrons. The first-order chi connectivity index (χ1) is 12.5. The van der Waals surface area contributed by atoms with E-state index >= 15 is 0 Å². The van der Waals surface area contributed by atoms with Crippen molar-refractivity contribution in [1.82, 2.24) is 0 Å². The molecule has 3 heteroatoms. The molecule has 0 heterocycles. The second-order valence-electron chi connectivity index (χ2n) is 6.62. The third kappa shape index (κ3) is 4.31. The summed E-state index contributed by atoms with van der Waals surface area (Å²) >= 11 is 0. The van der Waals surface area contributed by atoms with Crippen molar-refractivity contribution in [2.75, 3.05) is 10.6 Å². The van der Waals surface area contributed by atoms with Gasteiger partial charge in [0, 0.05) is 23.5 Å². The largest absolute Gasteiger partial charge is 0.381 e. The van der Waals surface area contributed by atoms with Crippen LogP contribution in [-0.2, 0) is 6.54 Å². The van der Waals surface area contributed by atoms with E-state index in [1.54, 1.807) is 0 Å². The summed E-state index contributed by atoms with van der Waals surface area (Å²) in [6.45, 7) is 6.93. The van der Waals surface area contributed by atoms with Crippen molar-refractivity contribution in [1.29, 1.82) is 0 Å². The molecule has 0 aliphatic rings. The number of carbonyl (C=O) groups excluding carboxylic acids is 1. The SMILES string of the molecule is Cc1ccc(NCc2ccc(C(=O)Nc3ccccc3C)cc2)cc1C. The van der Waals surface area contributed by atoms with Crippen molar-refractivity contribution in [2.45, 2.75) is 27.3 Å². The Bertz CT molecular complexity index is 914. The number of anilines is 2. The minimum absolute atomic E-state index is 0.0898. The highest BCUT2D eigenvalue weighted by Gasteiger charge is 2.07. The molecule has 132 valence electrons. The third-order valence-corrected chi connectivity index (χ3v) is 4.61. The Hall–Kier alpha value is -3.07. The molecule has 0 bridgehead atoms. The Labute approximate surface area is 155 Å². The molecule has 3 nitrogen and oxygen atoms in total. The quantitative estimate of drug-likeness (QED) is 0.644. The number of nitrogens with one attached hydrogen (secondary N) is 2. The number of benzene rings is 3. The van der Waals surface area contributed by atoms with Gasteiger partial charge in [0.25, 0.3) is 5.91 Å². The number of hydrogen-bond donors (Lipinski definition) is 2. The molecule has 0 saturated heterocycles. The molecule has 0 atom stereocenters. The van der Waals surface area contributed by atoms with Gasteiger partial charge in [0.2, 0.25) is 0 Å². The fourth-order valence-corrected chi connectivity index (χ4v) is 2.74. The summed E-state index contributed by atoms with van der Waals surface area (Å²) in [4.78, 5) is 12.4. The van der Waals surface area contributed by atoms with Gasteiger partial charge >= 0.3 is 0 Å². The van der Waals surface area contributed by atoms with Crippen LogP contribution < -0.4 is 10.6 Å². The van der Waals surface area contributed by atoms with E-state index < -0.39 is 0 Å². The topological polar surface area (TPSA) is 41.1 Å². The lowest BCUT2D eigenvalue weighted by atomic mass is 10.1. The van der Waals surface area contributed by atoms with Crippen molar-refractivity contribution in [3.63, 3.8) is 0 Å². The molecular formula is C23H24N2O. The van der Waals surface area contributed by atoms with E-state index in [0.29, 0.717) is 5.56 Å². The van der Waals surface area contributed by atoms with E-state index in [4.69, 9.17) is 0 Å². The molecule has 1 amide bonds. The third-order valence-electron chi connectivity index (χ3n) is 4.61. The Morgan fingerprint density at radius 2 is 1.54 bits per heavy atom. The molecule has 3 aromatic carbocycles. The van der Waals surface area contributed by atoms with Gasteiger partial charge in [-0.3, -0.25) is 4.79 Å². The molecule has 0 fully saturated rings. The lowest BCUT2D eigenvalue weighted by Gasteiger charge is -2.10. The van der Waals surface area contributed by atoms with Crippen molar-refractivity contribution in [3.05, 3.63) is 94.5 Å².